The molecule has 0 unspecified atom stereocenters. The van der Waals surface area contributed by atoms with Crippen molar-refractivity contribution in [2.24, 2.45) is 0 Å². The van der Waals surface area contributed by atoms with Gasteiger partial charge in [0.05, 0.1) is 26.2 Å². The van der Waals surface area contributed by atoms with Crippen LogP contribution in [0.1, 0.15) is 19.3 Å². The van der Waals surface area contributed by atoms with Crippen LogP contribution in [0.4, 0.5) is 11.4 Å². The van der Waals surface area contributed by atoms with Crippen molar-refractivity contribution in [2.75, 3.05) is 29.3 Å². The molecule has 0 bridgehead atoms. The van der Waals surface area contributed by atoms with Crippen LogP contribution in [0.3, 0.4) is 0 Å². The molecule has 0 atom stereocenters. The zero-order valence-electron chi connectivity index (χ0n) is 18.1. The topological polar surface area (TPSA) is 104 Å². The molecule has 5 rings (SSSR count). The predicted molar refractivity (Wildman–Crippen MR) is 131 cm³/mol. The van der Waals surface area contributed by atoms with Gasteiger partial charge >= 0.3 is 0 Å². The van der Waals surface area contributed by atoms with Gasteiger partial charge in [0, 0.05) is 18.5 Å². The monoisotopic (exact) mass is 519 g/mol. The van der Waals surface area contributed by atoms with Crippen LogP contribution in [0, 0.1) is 0 Å². The molecule has 3 aromatic rings. The molecular formula is C23H22ClN3O5S2. The normalized spacial score (nSPS) is 17.7. The Morgan fingerprint density at radius 3 is 2.44 bits per heavy atom. The molecule has 0 aromatic heterocycles. The third-order valence-electron chi connectivity index (χ3n) is 6.13. The molecule has 0 aliphatic carbocycles. The summed E-state index contributed by atoms with van der Waals surface area (Å²) in [5.74, 6) is -0.636. The molecule has 0 radical (unpaired) electrons. The SMILES string of the molecule is O=C(CN1c2cccc3cccc(c23)S1(=O)=O)Nc1cc(S(=O)(=O)N2CCCCC2)ccc1Cl. The summed E-state index contributed by atoms with van der Waals surface area (Å²) in [6.07, 6.45) is 2.59. The molecule has 178 valence electrons. The molecule has 3 aromatic carbocycles. The number of anilines is 2. The van der Waals surface area contributed by atoms with Crippen molar-refractivity contribution in [2.45, 2.75) is 29.1 Å². The van der Waals surface area contributed by atoms with Crippen molar-refractivity contribution in [1.82, 2.24) is 4.31 Å². The first-order valence-corrected chi connectivity index (χ1v) is 14.1. The third-order valence-corrected chi connectivity index (χ3v) is 10.2. The van der Waals surface area contributed by atoms with Crippen molar-refractivity contribution in [3.63, 3.8) is 0 Å². The van der Waals surface area contributed by atoms with Gasteiger partial charge < -0.3 is 5.32 Å². The number of nitrogens with zero attached hydrogens (tertiary/aromatic N) is 2. The molecule has 0 saturated carbocycles. The maximum Gasteiger partial charge on any atom is 0.265 e. The second-order valence-electron chi connectivity index (χ2n) is 8.30. The van der Waals surface area contributed by atoms with E-state index in [1.54, 1.807) is 18.2 Å². The van der Waals surface area contributed by atoms with Gasteiger partial charge in [-0.1, -0.05) is 42.3 Å². The molecule has 11 heteroatoms. The van der Waals surface area contributed by atoms with E-state index in [-0.39, 0.29) is 20.5 Å². The molecule has 2 heterocycles. The van der Waals surface area contributed by atoms with Crippen LogP contribution in [-0.4, -0.2) is 46.7 Å². The molecule has 2 aliphatic heterocycles. The molecule has 0 spiro atoms. The molecule has 1 fully saturated rings. The van der Waals surface area contributed by atoms with Gasteiger partial charge in [-0.05, 0) is 48.6 Å². The fourth-order valence-electron chi connectivity index (χ4n) is 4.46. The fourth-order valence-corrected chi connectivity index (χ4v) is 7.84. The predicted octanol–water partition coefficient (Wildman–Crippen LogP) is 3.82. The highest BCUT2D eigenvalue weighted by molar-refractivity contribution is 7.93. The van der Waals surface area contributed by atoms with Crippen LogP contribution in [0.15, 0.2) is 64.4 Å². The summed E-state index contributed by atoms with van der Waals surface area (Å²) in [4.78, 5) is 13.1. The Bertz CT molecular complexity index is 1510. The molecule has 34 heavy (non-hydrogen) atoms. The molecule has 2 aliphatic rings. The quantitative estimate of drug-likeness (QED) is 0.552. The first kappa shape index (κ1) is 23.1. The fraction of sp³-hybridized carbons (Fsp3) is 0.261. The number of benzene rings is 3. The van der Waals surface area contributed by atoms with Gasteiger partial charge in [-0.15, -0.1) is 0 Å². The van der Waals surface area contributed by atoms with Crippen molar-refractivity contribution < 1.29 is 21.6 Å². The van der Waals surface area contributed by atoms with Crippen LogP contribution in [0.5, 0.6) is 0 Å². The summed E-state index contributed by atoms with van der Waals surface area (Å²) in [6.45, 7) is 0.423. The number of amides is 1. The number of nitrogens with one attached hydrogen (secondary N) is 1. The van der Waals surface area contributed by atoms with Gasteiger partial charge in [0.1, 0.15) is 6.54 Å². The lowest BCUT2D eigenvalue weighted by Gasteiger charge is -2.26. The van der Waals surface area contributed by atoms with Gasteiger partial charge in [0.25, 0.3) is 10.0 Å². The summed E-state index contributed by atoms with van der Waals surface area (Å²) in [7, 11) is -7.63. The molecule has 1 N–H and O–H groups in total. The molecule has 1 saturated heterocycles. The highest BCUT2D eigenvalue weighted by atomic mass is 35.5. The van der Waals surface area contributed by atoms with Crippen LogP contribution in [0.25, 0.3) is 10.8 Å². The lowest BCUT2D eigenvalue weighted by atomic mass is 10.1. The van der Waals surface area contributed by atoms with E-state index in [4.69, 9.17) is 11.6 Å². The summed E-state index contributed by atoms with van der Waals surface area (Å²) >= 11 is 6.23. The summed E-state index contributed by atoms with van der Waals surface area (Å²) < 4.78 is 54.7. The molecule has 1 amide bonds. The Kier molecular flexibility index (Phi) is 5.79. The second-order valence-corrected chi connectivity index (χ2v) is 12.5. The van der Waals surface area contributed by atoms with E-state index in [0.717, 1.165) is 29.0 Å². The van der Waals surface area contributed by atoms with Crippen molar-refractivity contribution in [1.29, 1.82) is 0 Å². The van der Waals surface area contributed by atoms with Gasteiger partial charge in [-0.25, -0.2) is 16.8 Å². The Labute approximate surface area is 203 Å². The van der Waals surface area contributed by atoms with Crippen LogP contribution in [0.2, 0.25) is 5.02 Å². The average molecular weight is 520 g/mol. The van der Waals surface area contributed by atoms with E-state index < -0.39 is 32.5 Å². The Morgan fingerprint density at radius 1 is 1.00 bits per heavy atom. The highest BCUT2D eigenvalue weighted by Crippen LogP contribution is 2.41. The standard InChI is InChI=1S/C23H22ClN3O5S2/c24-18-11-10-17(33(29,30)26-12-2-1-3-13-26)14-19(18)25-22(28)15-27-20-8-4-6-16-7-5-9-21(23(16)20)34(27,31)32/h4-11,14H,1-3,12-13,15H2,(H,25,28). The summed E-state index contributed by atoms with van der Waals surface area (Å²) in [5.41, 5.74) is 0.535. The van der Waals surface area contributed by atoms with Crippen molar-refractivity contribution in [3.8, 4) is 0 Å². The smallest absolute Gasteiger partial charge is 0.265 e. The van der Waals surface area contributed by atoms with E-state index in [0.29, 0.717) is 24.2 Å². The molecular weight excluding hydrogens is 498 g/mol. The number of sulfonamides is 2. The number of halogens is 1. The lowest BCUT2D eigenvalue weighted by molar-refractivity contribution is -0.114. The lowest BCUT2D eigenvalue weighted by Crippen LogP contribution is -2.36. The summed E-state index contributed by atoms with van der Waals surface area (Å²) in [5, 5.41) is 4.08. The average Bonchev–Trinajstić information content (AvgIpc) is 3.04. The number of piperidine rings is 1. The Balaban J connectivity index is 1.41. The zero-order chi connectivity index (χ0) is 24.1. The first-order valence-electron chi connectivity index (χ1n) is 10.8. The van der Waals surface area contributed by atoms with E-state index in [9.17, 15) is 21.6 Å². The van der Waals surface area contributed by atoms with E-state index >= 15 is 0 Å². The van der Waals surface area contributed by atoms with Gasteiger partial charge in [-0.3, -0.25) is 9.10 Å². The van der Waals surface area contributed by atoms with Gasteiger partial charge in [-0.2, -0.15) is 4.31 Å². The van der Waals surface area contributed by atoms with Crippen LogP contribution >= 0.6 is 11.6 Å². The molecule has 8 nitrogen and oxygen atoms in total. The van der Waals surface area contributed by atoms with Crippen LogP contribution in [-0.2, 0) is 24.8 Å². The van der Waals surface area contributed by atoms with Gasteiger partial charge in [0.2, 0.25) is 15.9 Å². The minimum absolute atomic E-state index is 0.0278. The maximum absolute atomic E-state index is 13.1. The number of carbonyl (C=O) groups excluding carboxylic acids is 1. The minimum Gasteiger partial charge on any atom is -0.323 e. The summed E-state index contributed by atoms with van der Waals surface area (Å²) in [6, 6.07) is 14.3. The number of carbonyl (C=O) groups is 1. The van der Waals surface area contributed by atoms with Crippen molar-refractivity contribution >= 4 is 59.7 Å². The maximum atomic E-state index is 13.1. The third kappa shape index (κ3) is 3.84. The van der Waals surface area contributed by atoms with Crippen molar-refractivity contribution in [3.05, 3.63) is 59.6 Å². The number of hydrogen-bond donors (Lipinski definition) is 1. The van der Waals surface area contributed by atoms with Gasteiger partial charge in [0.15, 0.2) is 0 Å². The second kappa shape index (κ2) is 8.53. The number of hydrogen-bond acceptors (Lipinski definition) is 5. The van der Waals surface area contributed by atoms with E-state index in [1.165, 1.54) is 28.6 Å². The van der Waals surface area contributed by atoms with E-state index in [1.807, 2.05) is 12.1 Å². The largest absolute Gasteiger partial charge is 0.323 e. The van der Waals surface area contributed by atoms with E-state index in [2.05, 4.69) is 5.32 Å². The Hall–Kier alpha value is -2.66. The minimum atomic E-state index is -3.90. The Morgan fingerprint density at radius 2 is 1.71 bits per heavy atom. The highest BCUT2D eigenvalue weighted by Gasteiger charge is 2.36. The number of rotatable bonds is 5. The first-order chi connectivity index (χ1) is 16.2. The zero-order valence-corrected chi connectivity index (χ0v) is 20.5. The van der Waals surface area contributed by atoms with Crippen LogP contribution < -0.4 is 9.62 Å².